The lowest BCUT2D eigenvalue weighted by Crippen LogP contribution is -2.43. The molecule has 0 bridgehead atoms. The van der Waals surface area contributed by atoms with E-state index in [9.17, 15) is 18.0 Å². The number of aliphatic carboxylic acids is 1. The largest absolute Gasteiger partial charge is 0.481 e. The Bertz CT molecular complexity index is 518. The molecule has 2 heterocycles. The Morgan fingerprint density at radius 1 is 1.45 bits per heavy atom. The Kier molecular flexibility index (Phi) is 4.06. The lowest BCUT2D eigenvalue weighted by atomic mass is 9.90. The van der Waals surface area contributed by atoms with Crippen LogP contribution in [0, 0.1) is 5.41 Å². The molecule has 8 heteroatoms. The molecule has 0 aliphatic carbocycles. The van der Waals surface area contributed by atoms with E-state index in [2.05, 4.69) is 5.32 Å². The molecular weight excluding hydrogens is 284 g/mol. The first-order valence-corrected chi connectivity index (χ1v) is 8.48. The van der Waals surface area contributed by atoms with Crippen LogP contribution >= 0.6 is 0 Å². The summed E-state index contributed by atoms with van der Waals surface area (Å²) in [5.41, 5.74) is -0.795. The van der Waals surface area contributed by atoms with Gasteiger partial charge < -0.3 is 10.4 Å². The number of rotatable bonds is 4. The van der Waals surface area contributed by atoms with E-state index in [0.717, 1.165) is 0 Å². The van der Waals surface area contributed by atoms with E-state index in [1.807, 2.05) is 0 Å². The Hall–Kier alpha value is -1.15. The maximum Gasteiger partial charge on any atom is 0.310 e. The Morgan fingerprint density at radius 2 is 2.15 bits per heavy atom. The molecule has 2 aliphatic rings. The number of carbonyl (C=O) groups is 2. The minimum absolute atomic E-state index is 0.00554. The molecule has 2 atom stereocenters. The summed E-state index contributed by atoms with van der Waals surface area (Å²) in [5.74, 6) is -0.950. The van der Waals surface area contributed by atoms with Crippen molar-refractivity contribution in [1.29, 1.82) is 0 Å². The molecule has 20 heavy (non-hydrogen) atoms. The Balaban J connectivity index is 1.80. The second-order valence-corrected chi connectivity index (χ2v) is 8.22. The first-order valence-electron chi connectivity index (χ1n) is 6.66. The number of carboxylic acids is 1. The van der Waals surface area contributed by atoms with Crippen molar-refractivity contribution in [3.05, 3.63) is 0 Å². The molecule has 0 aromatic carbocycles. The van der Waals surface area contributed by atoms with Gasteiger partial charge in [0.05, 0.1) is 23.5 Å². The van der Waals surface area contributed by atoms with Crippen LogP contribution in [0.25, 0.3) is 0 Å². The maximum atomic E-state index is 11.9. The van der Waals surface area contributed by atoms with Crippen LogP contribution in [-0.4, -0.2) is 67.5 Å². The molecule has 2 saturated heterocycles. The van der Waals surface area contributed by atoms with Gasteiger partial charge in [-0.1, -0.05) is 0 Å². The second-order valence-electron chi connectivity index (χ2n) is 5.99. The van der Waals surface area contributed by atoms with E-state index in [0.29, 0.717) is 25.9 Å². The van der Waals surface area contributed by atoms with Gasteiger partial charge >= 0.3 is 5.97 Å². The summed E-state index contributed by atoms with van der Waals surface area (Å²) in [4.78, 5) is 24.8. The van der Waals surface area contributed by atoms with Gasteiger partial charge in [0.15, 0.2) is 9.84 Å². The topological polar surface area (TPSA) is 104 Å². The predicted molar refractivity (Wildman–Crippen MR) is 72.0 cm³/mol. The summed E-state index contributed by atoms with van der Waals surface area (Å²) in [6.07, 6.45) is 0.980. The van der Waals surface area contributed by atoms with E-state index in [4.69, 9.17) is 5.11 Å². The fraction of sp³-hybridized carbons (Fsp3) is 0.833. The normalized spacial score (nSPS) is 33.1. The van der Waals surface area contributed by atoms with Crippen LogP contribution in [-0.2, 0) is 19.4 Å². The molecule has 2 fully saturated rings. The number of carbonyl (C=O) groups excluding carboxylic acids is 1. The summed E-state index contributed by atoms with van der Waals surface area (Å²) in [7, 11) is -3.00. The molecule has 2 unspecified atom stereocenters. The third-order valence-corrected chi connectivity index (χ3v) is 5.80. The first kappa shape index (κ1) is 15.2. The van der Waals surface area contributed by atoms with Crippen molar-refractivity contribution in [3.63, 3.8) is 0 Å². The lowest BCUT2D eigenvalue weighted by molar-refractivity contribution is -0.147. The fourth-order valence-electron chi connectivity index (χ4n) is 2.75. The molecule has 114 valence electrons. The number of likely N-dealkylation sites (tertiary alicyclic amines) is 1. The highest BCUT2D eigenvalue weighted by Crippen LogP contribution is 2.29. The molecule has 7 nitrogen and oxygen atoms in total. The zero-order chi connectivity index (χ0) is 15.0. The van der Waals surface area contributed by atoms with E-state index in [-0.39, 0.29) is 30.0 Å². The van der Waals surface area contributed by atoms with Crippen molar-refractivity contribution in [2.75, 3.05) is 31.1 Å². The first-order chi connectivity index (χ1) is 9.20. The summed E-state index contributed by atoms with van der Waals surface area (Å²) < 4.78 is 22.6. The highest BCUT2D eigenvalue weighted by Gasteiger charge is 2.41. The van der Waals surface area contributed by atoms with Crippen molar-refractivity contribution in [2.24, 2.45) is 5.41 Å². The van der Waals surface area contributed by atoms with E-state index >= 15 is 0 Å². The van der Waals surface area contributed by atoms with Gasteiger partial charge in [-0.3, -0.25) is 14.5 Å². The molecule has 0 aromatic rings. The smallest absolute Gasteiger partial charge is 0.310 e. The maximum absolute atomic E-state index is 11.9. The molecule has 0 aromatic heterocycles. The molecule has 2 rings (SSSR count). The summed E-state index contributed by atoms with van der Waals surface area (Å²) in [6.45, 7) is 2.72. The third kappa shape index (κ3) is 3.49. The van der Waals surface area contributed by atoms with E-state index in [1.54, 1.807) is 11.8 Å². The van der Waals surface area contributed by atoms with Gasteiger partial charge in [0, 0.05) is 12.6 Å². The van der Waals surface area contributed by atoms with Crippen LogP contribution < -0.4 is 5.32 Å². The average Bonchev–Trinajstić information content (AvgIpc) is 2.83. The SMILES string of the molecule is CC1(C(=O)O)CCN(CC(=O)NC2CCS(=O)(=O)C2)C1. The monoisotopic (exact) mass is 304 g/mol. The van der Waals surface area contributed by atoms with Gasteiger partial charge in [0.25, 0.3) is 0 Å². The minimum Gasteiger partial charge on any atom is -0.481 e. The number of amides is 1. The Labute approximate surface area is 118 Å². The van der Waals surface area contributed by atoms with Crippen molar-refractivity contribution in [3.8, 4) is 0 Å². The second kappa shape index (κ2) is 5.33. The van der Waals surface area contributed by atoms with E-state index < -0.39 is 21.2 Å². The molecular formula is C12H20N2O5S. The fourth-order valence-corrected chi connectivity index (χ4v) is 4.42. The minimum atomic E-state index is -3.00. The van der Waals surface area contributed by atoms with Crippen LogP contribution in [0.2, 0.25) is 0 Å². The molecule has 0 spiro atoms. The van der Waals surface area contributed by atoms with Crippen LogP contribution in [0.1, 0.15) is 19.8 Å². The molecule has 1 amide bonds. The zero-order valence-corrected chi connectivity index (χ0v) is 12.3. The van der Waals surface area contributed by atoms with Gasteiger partial charge in [0.1, 0.15) is 0 Å². The number of nitrogens with one attached hydrogen (secondary N) is 1. The van der Waals surface area contributed by atoms with Gasteiger partial charge in [-0.25, -0.2) is 8.42 Å². The lowest BCUT2D eigenvalue weighted by Gasteiger charge is -2.20. The van der Waals surface area contributed by atoms with Gasteiger partial charge in [-0.15, -0.1) is 0 Å². The molecule has 2 aliphatic heterocycles. The number of nitrogens with zero attached hydrogens (tertiary/aromatic N) is 1. The van der Waals surface area contributed by atoms with Gasteiger partial charge in [0.2, 0.25) is 5.91 Å². The third-order valence-electron chi connectivity index (χ3n) is 4.03. The van der Waals surface area contributed by atoms with Crippen molar-refractivity contribution in [1.82, 2.24) is 10.2 Å². The number of hydrogen-bond donors (Lipinski definition) is 2. The highest BCUT2D eigenvalue weighted by molar-refractivity contribution is 7.91. The van der Waals surface area contributed by atoms with Crippen LogP contribution in [0.3, 0.4) is 0 Å². The summed E-state index contributed by atoms with van der Waals surface area (Å²) in [6, 6.07) is -0.305. The van der Waals surface area contributed by atoms with Crippen molar-refractivity contribution < 1.29 is 23.1 Å². The summed E-state index contributed by atoms with van der Waals surface area (Å²) >= 11 is 0. The van der Waals surface area contributed by atoms with Gasteiger partial charge in [-0.05, 0) is 26.3 Å². The van der Waals surface area contributed by atoms with Gasteiger partial charge in [-0.2, -0.15) is 0 Å². The van der Waals surface area contributed by atoms with Crippen molar-refractivity contribution >= 4 is 21.7 Å². The number of sulfone groups is 1. The number of hydrogen-bond acceptors (Lipinski definition) is 5. The van der Waals surface area contributed by atoms with E-state index in [1.165, 1.54) is 0 Å². The highest BCUT2D eigenvalue weighted by atomic mass is 32.2. The number of carboxylic acid groups (broad SMARTS) is 1. The quantitative estimate of drug-likeness (QED) is 0.696. The van der Waals surface area contributed by atoms with Crippen molar-refractivity contribution in [2.45, 2.75) is 25.8 Å². The average molecular weight is 304 g/mol. The molecule has 0 saturated carbocycles. The van der Waals surface area contributed by atoms with Crippen LogP contribution in [0.4, 0.5) is 0 Å². The van der Waals surface area contributed by atoms with Crippen LogP contribution in [0.5, 0.6) is 0 Å². The zero-order valence-electron chi connectivity index (χ0n) is 11.5. The standard InChI is InChI=1S/C12H20N2O5S/c1-12(11(16)17)3-4-14(8-12)6-10(15)13-9-2-5-20(18,19)7-9/h9H,2-8H2,1H3,(H,13,15)(H,16,17). The predicted octanol–water partition coefficient (Wildman–Crippen LogP) is -0.914. The molecule has 0 radical (unpaired) electrons. The summed E-state index contributed by atoms with van der Waals surface area (Å²) in [5, 5.41) is 11.8. The Morgan fingerprint density at radius 3 is 2.65 bits per heavy atom. The van der Waals surface area contributed by atoms with Crippen LogP contribution in [0.15, 0.2) is 0 Å². The molecule has 2 N–H and O–H groups in total.